The SMILES string of the molecule is Cc1ccc(OCC(=O)N2C[C@H](C)N(Cc3ccc(F)cc3)C[C@H]2C)c(C=NOCC(=O)O)c1. The molecule has 0 aliphatic carbocycles. The van der Waals surface area contributed by atoms with E-state index >= 15 is 0 Å². The molecule has 2 aromatic carbocycles. The summed E-state index contributed by atoms with van der Waals surface area (Å²) in [5.41, 5.74) is 2.58. The molecule has 1 aliphatic heterocycles. The van der Waals surface area contributed by atoms with E-state index in [0.717, 1.165) is 11.1 Å². The number of rotatable bonds is 9. The molecule has 0 aromatic heterocycles. The van der Waals surface area contributed by atoms with Gasteiger partial charge in [-0.2, -0.15) is 0 Å². The van der Waals surface area contributed by atoms with Crippen molar-refractivity contribution in [2.24, 2.45) is 5.16 Å². The summed E-state index contributed by atoms with van der Waals surface area (Å²) < 4.78 is 19.0. The fourth-order valence-electron chi connectivity index (χ4n) is 3.90. The van der Waals surface area contributed by atoms with Crippen molar-refractivity contribution in [1.29, 1.82) is 0 Å². The van der Waals surface area contributed by atoms with Crippen LogP contribution in [0.2, 0.25) is 0 Å². The van der Waals surface area contributed by atoms with Gasteiger partial charge in [-0.15, -0.1) is 0 Å². The number of carboxylic acid groups (broad SMARTS) is 1. The van der Waals surface area contributed by atoms with Crippen molar-refractivity contribution in [2.75, 3.05) is 26.3 Å². The lowest BCUT2D eigenvalue weighted by molar-refractivity contribution is -0.142. The van der Waals surface area contributed by atoms with Gasteiger partial charge in [-0.25, -0.2) is 9.18 Å². The lowest BCUT2D eigenvalue weighted by Gasteiger charge is -2.44. The van der Waals surface area contributed by atoms with Crippen LogP contribution < -0.4 is 4.74 Å². The van der Waals surface area contributed by atoms with Crippen molar-refractivity contribution in [3.63, 3.8) is 0 Å². The summed E-state index contributed by atoms with van der Waals surface area (Å²) in [5, 5.41) is 12.3. The molecule has 34 heavy (non-hydrogen) atoms. The van der Waals surface area contributed by atoms with Gasteiger partial charge in [0.05, 0.1) is 6.21 Å². The van der Waals surface area contributed by atoms with E-state index in [9.17, 15) is 14.0 Å². The molecule has 0 saturated carbocycles. The molecule has 1 N–H and O–H groups in total. The third-order valence-corrected chi connectivity index (χ3v) is 5.71. The van der Waals surface area contributed by atoms with Gasteiger partial charge >= 0.3 is 5.97 Å². The van der Waals surface area contributed by atoms with Crippen LogP contribution in [0.5, 0.6) is 5.75 Å². The van der Waals surface area contributed by atoms with Crippen LogP contribution in [0, 0.1) is 12.7 Å². The molecule has 8 nitrogen and oxygen atoms in total. The van der Waals surface area contributed by atoms with Crippen LogP contribution in [-0.2, 0) is 21.0 Å². The molecule has 1 fully saturated rings. The van der Waals surface area contributed by atoms with E-state index < -0.39 is 12.6 Å². The molecule has 182 valence electrons. The van der Waals surface area contributed by atoms with Crippen molar-refractivity contribution in [3.8, 4) is 5.75 Å². The predicted molar refractivity (Wildman–Crippen MR) is 125 cm³/mol. The Kier molecular flexibility index (Phi) is 8.59. The van der Waals surface area contributed by atoms with Gasteiger partial charge < -0.3 is 19.6 Å². The average Bonchev–Trinajstić information content (AvgIpc) is 2.79. The van der Waals surface area contributed by atoms with Crippen LogP contribution in [0.1, 0.15) is 30.5 Å². The van der Waals surface area contributed by atoms with Crippen molar-refractivity contribution in [2.45, 2.75) is 39.4 Å². The van der Waals surface area contributed by atoms with Gasteiger partial charge in [0.2, 0.25) is 6.61 Å². The quantitative estimate of drug-likeness (QED) is 0.447. The number of carbonyl (C=O) groups excluding carboxylic acids is 1. The topological polar surface area (TPSA) is 91.7 Å². The summed E-state index contributed by atoms with van der Waals surface area (Å²) in [7, 11) is 0. The Hall–Kier alpha value is -3.46. The number of carbonyl (C=O) groups is 2. The predicted octanol–water partition coefficient (Wildman–Crippen LogP) is 3.07. The molecule has 1 heterocycles. The molecule has 1 amide bonds. The minimum absolute atomic E-state index is 0.00350. The summed E-state index contributed by atoms with van der Waals surface area (Å²) in [5.74, 6) is -1.04. The normalized spacial score (nSPS) is 18.8. The van der Waals surface area contributed by atoms with Crippen molar-refractivity contribution >= 4 is 18.1 Å². The molecule has 0 spiro atoms. The summed E-state index contributed by atoms with van der Waals surface area (Å²) in [6.45, 7) is 7.27. The van der Waals surface area contributed by atoms with Crippen molar-refractivity contribution in [1.82, 2.24) is 9.80 Å². The average molecular weight is 472 g/mol. The van der Waals surface area contributed by atoms with E-state index in [1.807, 2.05) is 30.9 Å². The zero-order valence-electron chi connectivity index (χ0n) is 19.6. The van der Waals surface area contributed by atoms with Gasteiger partial charge in [0.25, 0.3) is 5.91 Å². The number of amides is 1. The molecule has 9 heteroatoms. The number of hydrogen-bond acceptors (Lipinski definition) is 6. The first-order chi connectivity index (χ1) is 16.2. The number of ether oxygens (including phenoxy) is 1. The Morgan fingerprint density at radius 2 is 1.85 bits per heavy atom. The third-order valence-electron chi connectivity index (χ3n) is 5.71. The number of hydrogen-bond donors (Lipinski definition) is 1. The highest BCUT2D eigenvalue weighted by atomic mass is 19.1. The number of piperazine rings is 1. The fourth-order valence-corrected chi connectivity index (χ4v) is 3.90. The lowest BCUT2D eigenvalue weighted by atomic mass is 10.1. The molecule has 1 aliphatic rings. The van der Waals surface area contributed by atoms with Crippen LogP contribution in [-0.4, -0.2) is 71.4 Å². The van der Waals surface area contributed by atoms with E-state index in [0.29, 0.717) is 30.9 Å². The van der Waals surface area contributed by atoms with E-state index in [1.54, 1.807) is 18.2 Å². The van der Waals surface area contributed by atoms with E-state index in [-0.39, 0.29) is 30.4 Å². The van der Waals surface area contributed by atoms with Gasteiger partial charge in [-0.05, 0) is 50.6 Å². The maximum Gasteiger partial charge on any atom is 0.344 e. The summed E-state index contributed by atoms with van der Waals surface area (Å²) >= 11 is 0. The van der Waals surface area contributed by atoms with Crippen LogP contribution in [0.15, 0.2) is 47.6 Å². The standard InChI is InChI=1S/C25H30FN3O5/c1-17-4-9-23(21(10-17)11-27-34-16-25(31)32)33-15-24(30)29-13-18(2)28(12-19(29)3)14-20-5-7-22(26)8-6-20/h4-11,18-19H,12-16H2,1-3H3,(H,31,32)/t18-,19+/m0/s1. The molecular formula is C25H30FN3O5. The zero-order valence-corrected chi connectivity index (χ0v) is 19.6. The number of halogens is 1. The van der Waals surface area contributed by atoms with E-state index in [2.05, 4.69) is 17.0 Å². The Morgan fingerprint density at radius 3 is 2.56 bits per heavy atom. The second kappa shape index (κ2) is 11.6. The highest BCUT2D eigenvalue weighted by Gasteiger charge is 2.32. The molecule has 3 rings (SSSR count). The minimum Gasteiger partial charge on any atom is -0.483 e. The number of carboxylic acids is 1. The van der Waals surface area contributed by atoms with Crippen LogP contribution >= 0.6 is 0 Å². The van der Waals surface area contributed by atoms with Crippen LogP contribution in [0.3, 0.4) is 0 Å². The summed E-state index contributed by atoms with van der Waals surface area (Å²) in [6, 6.07) is 12.0. The van der Waals surface area contributed by atoms with Crippen molar-refractivity contribution in [3.05, 3.63) is 65.0 Å². The Labute approximate surface area is 198 Å². The Bertz CT molecular complexity index is 1030. The minimum atomic E-state index is -1.12. The number of aliphatic carboxylic acids is 1. The number of oxime groups is 1. The van der Waals surface area contributed by atoms with E-state index in [1.165, 1.54) is 18.3 Å². The molecule has 0 radical (unpaired) electrons. The van der Waals surface area contributed by atoms with Gasteiger partial charge in [0, 0.05) is 37.3 Å². The lowest BCUT2D eigenvalue weighted by Crippen LogP contribution is -2.58. The second-order valence-corrected chi connectivity index (χ2v) is 8.53. The van der Waals surface area contributed by atoms with Gasteiger partial charge in [0.1, 0.15) is 11.6 Å². The smallest absolute Gasteiger partial charge is 0.344 e. The van der Waals surface area contributed by atoms with Gasteiger partial charge in [0.15, 0.2) is 6.61 Å². The molecular weight excluding hydrogens is 441 g/mol. The van der Waals surface area contributed by atoms with Crippen LogP contribution in [0.4, 0.5) is 4.39 Å². The van der Waals surface area contributed by atoms with Crippen LogP contribution in [0.25, 0.3) is 0 Å². The molecule has 0 bridgehead atoms. The summed E-state index contributed by atoms with van der Waals surface area (Å²) in [4.78, 5) is 32.3. The molecule has 0 unspecified atom stereocenters. The van der Waals surface area contributed by atoms with E-state index in [4.69, 9.17) is 14.7 Å². The highest BCUT2D eigenvalue weighted by molar-refractivity contribution is 5.84. The molecule has 2 atom stereocenters. The third kappa shape index (κ3) is 7.02. The maximum absolute atomic E-state index is 13.2. The van der Waals surface area contributed by atoms with Crippen molar-refractivity contribution < 1.29 is 28.7 Å². The number of nitrogens with zero attached hydrogens (tertiary/aromatic N) is 3. The number of benzene rings is 2. The highest BCUT2D eigenvalue weighted by Crippen LogP contribution is 2.21. The second-order valence-electron chi connectivity index (χ2n) is 8.53. The largest absolute Gasteiger partial charge is 0.483 e. The summed E-state index contributed by atoms with van der Waals surface area (Å²) in [6.07, 6.45) is 1.37. The Morgan fingerprint density at radius 1 is 1.12 bits per heavy atom. The molecule has 1 saturated heterocycles. The number of aryl methyl sites for hydroxylation is 1. The first-order valence-corrected chi connectivity index (χ1v) is 11.1. The first-order valence-electron chi connectivity index (χ1n) is 11.1. The Balaban J connectivity index is 1.58. The molecule has 2 aromatic rings. The fraction of sp³-hybridized carbons (Fsp3) is 0.400. The first kappa shape index (κ1) is 25.2. The maximum atomic E-state index is 13.2. The monoisotopic (exact) mass is 471 g/mol. The van der Waals surface area contributed by atoms with Gasteiger partial charge in [-0.3, -0.25) is 9.69 Å². The van der Waals surface area contributed by atoms with Gasteiger partial charge in [-0.1, -0.05) is 28.9 Å². The zero-order chi connectivity index (χ0) is 24.7.